The van der Waals surface area contributed by atoms with Crippen LogP contribution in [0.4, 0.5) is 5.69 Å². The summed E-state index contributed by atoms with van der Waals surface area (Å²) in [5, 5.41) is 15.1. The highest BCUT2D eigenvalue weighted by Crippen LogP contribution is 2.22. The number of nitrogens with zero attached hydrogens (tertiary/aromatic N) is 3. The van der Waals surface area contributed by atoms with Crippen LogP contribution in [0, 0.1) is 10.1 Å². The topological polar surface area (TPSA) is 95.1 Å². The number of benzene rings is 2. The fourth-order valence-electron chi connectivity index (χ4n) is 2.22. The van der Waals surface area contributed by atoms with Crippen molar-refractivity contribution >= 4 is 15.5 Å². The molecule has 0 saturated carbocycles. The largest absolute Gasteiger partial charge is 0.269 e. The first-order valence-electron chi connectivity index (χ1n) is 6.95. The van der Waals surface area contributed by atoms with E-state index in [2.05, 4.69) is 5.10 Å². The summed E-state index contributed by atoms with van der Waals surface area (Å²) in [5.41, 5.74) is 2.16. The molecule has 24 heavy (non-hydrogen) atoms. The Bertz CT molecular complexity index is 991. The van der Waals surface area contributed by atoms with Gasteiger partial charge in [0.05, 0.1) is 21.2 Å². The zero-order valence-electron chi connectivity index (χ0n) is 12.7. The summed E-state index contributed by atoms with van der Waals surface area (Å²) in [6.45, 7) is 0. The molecule has 0 aliphatic carbocycles. The van der Waals surface area contributed by atoms with Crippen molar-refractivity contribution in [1.82, 2.24) is 9.78 Å². The van der Waals surface area contributed by atoms with Crippen molar-refractivity contribution in [2.75, 3.05) is 6.26 Å². The van der Waals surface area contributed by atoms with Gasteiger partial charge in [-0.05, 0) is 42.5 Å². The molecule has 122 valence electrons. The first-order valence-corrected chi connectivity index (χ1v) is 8.85. The quantitative estimate of drug-likeness (QED) is 0.536. The molecule has 0 radical (unpaired) electrons. The van der Waals surface area contributed by atoms with E-state index >= 15 is 0 Å². The normalized spacial score (nSPS) is 11.4. The summed E-state index contributed by atoms with van der Waals surface area (Å²) in [6, 6.07) is 14.3. The first kappa shape index (κ1) is 15.9. The van der Waals surface area contributed by atoms with Gasteiger partial charge in [0.15, 0.2) is 9.84 Å². The smallest absolute Gasteiger partial charge is 0.258 e. The van der Waals surface area contributed by atoms with Gasteiger partial charge in [-0.25, -0.2) is 13.1 Å². The van der Waals surface area contributed by atoms with E-state index in [9.17, 15) is 18.5 Å². The summed E-state index contributed by atoms with van der Waals surface area (Å²) >= 11 is 0. The molecular weight excluding hydrogens is 330 g/mol. The van der Waals surface area contributed by atoms with Crippen LogP contribution in [0.25, 0.3) is 16.9 Å². The number of nitro groups is 1. The van der Waals surface area contributed by atoms with Crippen LogP contribution in [-0.4, -0.2) is 29.4 Å². The van der Waals surface area contributed by atoms with Gasteiger partial charge in [-0.2, -0.15) is 5.10 Å². The molecule has 1 aromatic heterocycles. The Hall–Kier alpha value is -3.00. The molecule has 8 heteroatoms. The number of sulfone groups is 1. The molecule has 0 aliphatic rings. The van der Waals surface area contributed by atoms with Crippen LogP contribution in [-0.2, 0) is 9.84 Å². The van der Waals surface area contributed by atoms with Gasteiger partial charge in [0, 0.05) is 30.1 Å². The van der Waals surface area contributed by atoms with Gasteiger partial charge in [-0.3, -0.25) is 10.1 Å². The molecule has 0 unspecified atom stereocenters. The lowest BCUT2D eigenvalue weighted by molar-refractivity contribution is -0.384. The van der Waals surface area contributed by atoms with Crippen molar-refractivity contribution in [2.24, 2.45) is 0 Å². The molecule has 0 spiro atoms. The number of aromatic nitrogens is 2. The average Bonchev–Trinajstić information content (AvgIpc) is 3.04. The van der Waals surface area contributed by atoms with E-state index in [4.69, 9.17) is 0 Å². The number of non-ortho nitro benzene ring substituents is 1. The molecule has 0 bridgehead atoms. The molecule has 0 amide bonds. The Morgan fingerprint density at radius 3 is 2.17 bits per heavy atom. The monoisotopic (exact) mass is 343 g/mol. The Balaban J connectivity index is 1.89. The van der Waals surface area contributed by atoms with Crippen LogP contribution in [0.3, 0.4) is 0 Å². The minimum atomic E-state index is -3.24. The lowest BCUT2D eigenvalue weighted by Crippen LogP contribution is -1.99. The Labute approximate surface area is 138 Å². The molecule has 0 aliphatic heterocycles. The van der Waals surface area contributed by atoms with Crippen LogP contribution in [0.15, 0.2) is 65.7 Å². The minimum Gasteiger partial charge on any atom is -0.258 e. The fourth-order valence-corrected chi connectivity index (χ4v) is 2.85. The van der Waals surface area contributed by atoms with Gasteiger partial charge in [0.1, 0.15) is 0 Å². The number of nitro benzene ring substituents is 1. The number of rotatable bonds is 4. The molecule has 0 N–H and O–H groups in total. The zero-order chi connectivity index (χ0) is 17.3. The first-order chi connectivity index (χ1) is 11.3. The van der Waals surface area contributed by atoms with Crippen molar-refractivity contribution in [1.29, 1.82) is 0 Å². The van der Waals surface area contributed by atoms with Crippen molar-refractivity contribution < 1.29 is 13.3 Å². The lowest BCUT2D eigenvalue weighted by atomic mass is 10.1. The van der Waals surface area contributed by atoms with Crippen molar-refractivity contribution in [3.63, 3.8) is 0 Å². The highest BCUT2D eigenvalue weighted by atomic mass is 32.2. The lowest BCUT2D eigenvalue weighted by Gasteiger charge is -2.03. The summed E-state index contributed by atoms with van der Waals surface area (Å²) < 4.78 is 24.6. The maximum absolute atomic E-state index is 11.5. The van der Waals surface area contributed by atoms with Crippen LogP contribution in [0.5, 0.6) is 0 Å². The molecule has 0 atom stereocenters. The second-order valence-electron chi connectivity index (χ2n) is 5.22. The average molecular weight is 343 g/mol. The van der Waals surface area contributed by atoms with E-state index in [0.717, 1.165) is 17.5 Å². The molecule has 3 rings (SSSR count). The molecule has 0 saturated heterocycles. The van der Waals surface area contributed by atoms with E-state index in [1.54, 1.807) is 41.2 Å². The third kappa shape index (κ3) is 3.18. The minimum absolute atomic E-state index is 0.0227. The highest BCUT2D eigenvalue weighted by molar-refractivity contribution is 7.90. The van der Waals surface area contributed by atoms with Gasteiger partial charge < -0.3 is 0 Å². The molecule has 3 aromatic rings. The SMILES string of the molecule is CS(=O)(=O)c1ccc(-n2ccc(-c3ccc([N+](=O)[O-])cc3)n2)cc1. The maximum Gasteiger partial charge on any atom is 0.269 e. The van der Waals surface area contributed by atoms with E-state index in [1.165, 1.54) is 24.3 Å². The fraction of sp³-hybridized carbons (Fsp3) is 0.0625. The van der Waals surface area contributed by atoms with Gasteiger partial charge in [0.25, 0.3) is 5.69 Å². The van der Waals surface area contributed by atoms with E-state index < -0.39 is 14.8 Å². The van der Waals surface area contributed by atoms with Crippen molar-refractivity contribution in [3.8, 4) is 16.9 Å². The third-order valence-corrected chi connectivity index (χ3v) is 4.62. The van der Waals surface area contributed by atoms with Gasteiger partial charge in [-0.1, -0.05) is 0 Å². The second kappa shape index (κ2) is 5.89. The van der Waals surface area contributed by atoms with E-state index in [0.29, 0.717) is 5.69 Å². The van der Waals surface area contributed by atoms with Gasteiger partial charge >= 0.3 is 0 Å². The predicted molar refractivity (Wildman–Crippen MR) is 88.8 cm³/mol. The van der Waals surface area contributed by atoms with Crippen molar-refractivity contribution in [3.05, 3.63) is 70.9 Å². The van der Waals surface area contributed by atoms with Crippen LogP contribution in [0.1, 0.15) is 0 Å². The number of hydrogen-bond donors (Lipinski definition) is 0. The third-order valence-electron chi connectivity index (χ3n) is 3.49. The van der Waals surface area contributed by atoms with Crippen molar-refractivity contribution in [2.45, 2.75) is 4.90 Å². The predicted octanol–water partition coefficient (Wildman–Crippen LogP) is 2.85. The van der Waals surface area contributed by atoms with Crippen LogP contribution >= 0.6 is 0 Å². The highest BCUT2D eigenvalue weighted by Gasteiger charge is 2.09. The summed E-state index contributed by atoms with van der Waals surface area (Å²) in [6.07, 6.45) is 2.90. The Morgan fingerprint density at radius 2 is 1.62 bits per heavy atom. The van der Waals surface area contributed by atoms with E-state index in [-0.39, 0.29) is 10.6 Å². The number of hydrogen-bond acceptors (Lipinski definition) is 5. The summed E-state index contributed by atoms with van der Waals surface area (Å²) in [4.78, 5) is 10.5. The molecule has 1 heterocycles. The summed E-state index contributed by atoms with van der Waals surface area (Å²) in [7, 11) is -3.24. The zero-order valence-corrected chi connectivity index (χ0v) is 13.5. The Morgan fingerprint density at radius 1 is 1.00 bits per heavy atom. The van der Waals surface area contributed by atoms with Gasteiger partial charge in [-0.15, -0.1) is 0 Å². The van der Waals surface area contributed by atoms with Crippen LogP contribution < -0.4 is 0 Å². The molecule has 7 nitrogen and oxygen atoms in total. The summed E-state index contributed by atoms with van der Waals surface area (Å²) in [5.74, 6) is 0. The molecular formula is C16H13N3O4S. The molecule has 2 aromatic carbocycles. The van der Waals surface area contributed by atoms with E-state index in [1.807, 2.05) is 0 Å². The maximum atomic E-state index is 11.5. The molecule has 0 fully saturated rings. The standard InChI is InChI=1S/C16H13N3O4S/c1-24(22,23)15-8-6-13(7-9-15)18-11-10-16(17-18)12-2-4-14(5-3-12)19(20)21/h2-11H,1H3. The Kier molecular flexibility index (Phi) is 3.90. The van der Waals surface area contributed by atoms with Crippen LogP contribution in [0.2, 0.25) is 0 Å². The second-order valence-corrected chi connectivity index (χ2v) is 7.23. The van der Waals surface area contributed by atoms with Gasteiger partial charge in [0.2, 0.25) is 0 Å².